The lowest BCUT2D eigenvalue weighted by atomic mass is 10.1. The van der Waals surface area contributed by atoms with Crippen LogP contribution in [0.5, 0.6) is 0 Å². The van der Waals surface area contributed by atoms with Gasteiger partial charge in [0.1, 0.15) is 0 Å². The van der Waals surface area contributed by atoms with Crippen LogP contribution in [0.4, 0.5) is 5.69 Å². The molecule has 1 aromatic carbocycles. The van der Waals surface area contributed by atoms with E-state index in [0.29, 0.717) is 11.4 Å². The van der Waals surface area contributed by atoms with Crippen LogP contribution in [0.15, 0.2) is 41.8 Å². The molecule has 1 aromatic heterocycles. The van der Waals surface area contributed by atoms with E-state index in [9.17, 15) is 9.59 Å². The molecular weight excluding hydrogens is 346 g/mol. The van der Waals surface area contributed by atoms with Crippen LogP contribution in [0.1, 0.15) is 34.5 Å². The largest absolute Gasteiger partial charge is 0.371 e. The van der Waals surface area contributed by atoms with E-state index in [-0.39, 0.29) is 18.4 Å². The summed E-state index contributed by atoms with van der Waals surface area (Å²) >= 11 is 1.37. The zero-order valence-corrected chi connectivity index (χ0v) is 15.9. The van der Waals surface area contributed by atoms with Crippen LogP contribution in [0, 0.1) is 0 Å². The predicted octanol–water partition coefficient (Wildman–Crippen LogP) is 3.13. The van der Waals surface area contributed by atoms with Crippen molar-refractivity contribution in [2.45, 2.75) is 25.8 Å². The Morgan fingerprint density at radius 3 is 2.62 bits per heavy atom. The van der Waals surface area contributed by atoms with Crippen molar-refractivity contribution in [3.63, 3.8) is 0 Å². The van der Waals surface area contributed by atoms with Gasteiger partial charge in [0.05, 0.1) is 11.4 Å². The lowest BCUT2D eigenvalue weighted by Crippen LogP contribution is -2.38. The molecule has 0 unspecified atom stereocenters. The first kappa shape index (κ1) is 18.5. The lowest BCUT2D eigenvalue weighted by Gasteiger charge is -2.31. The number of amides is 2. The van der Waals surface area contributed by atoms with Gasteiger partial charge in [-0.05, 0) is 42.3 Å². The van der Waals surface area contributed by atoms with Crippen LogP contribution in [0.2, 0.25) is 0 Å². The van der Waals surface area contributed by atoms with E-state index in [1.807, 2.05) is 17.5 Å². The number of likely N-dealkylation sites (N-methyl/N-ethyl adjacent to an activating group) is 1. The number of thiophene rings is 1. The van der Waals surface area contributed by atoms with Crippen molar-refractivity contribution in [3.05, 3.63) is 52.2 Å². The molecule has 2 aromatic rings. The molecule has 0 atom stereocenters. The molecule has 1 saturated heterocycles. The molecule has 5 nitrogen and oxygen atoms in total. The van der Waals surface area contributed by atoms with Gasteiger partial charge in [-0.3, -0.25) is 9.59 Å². The number of para-hydroxylation sites is 1. The van der Waals surface area contributed by atoms with E-state index in [1.165, 1.54) is 36.3 Å². The zero-order valence-electron chi connectivity index (χ0n) is 15.1. The molecule has 26 heavy (non-hydrogen) atoms. The average molecular weight is 372 g/mol. The van der Waals surface area contributed by atoms with E-state index in [0.717, 1.165) is 18.7 Å². The lowest BCUT2D eigenvalue weighted by molar-refractivity contribution is -0.129. The van der Waals surface area contributed by atoms with Crippen LogP contribution in [-0.2, 0) is 11.3 Å². The molecule has 1 aliphatic heterocycles. The minimum atomic E-state index is -0.199. The summed E-state index contributed by atoms with van der Waals surface area (Å²) in [4.78, 5) is 29.1. The van der Waals surface area contributed by atoms with Gasteiger partial charge in [-0.15, -0.1) is 11.3 Å². The first-order valence-corrected chi connectivity index (χ1v) is 9.91. The summed E-state index contributed by atoms with van der Waals surface area (Å²) in [5, 5.41) is 4.55. The van der Waals surface area contributed by atoms with Gasteiger partial charge in [-0.2, -0.15) is 0 Å². The summed E-state index contributed by atoms with van der Waals surface area (Å²) in [5.74, 6) is -0.293. The van der Waals surface area contributed by atoms with Crippen molar-refractivity contribution in [1.82, 2.24) is 10.2 Å². The maximum Gasteiger partial charge on any atom is 0.261 e. The van der Waals surface area contributed by atoms with E-state index < -0.39 is 0 Å². The van der Waals surface area contributed by atoms with Crippen molar-refractivity contribution in [3.8, 4) is 0 Å². The third-order valence-corrected chi connectivity index (χ3v) is 5.54. The number of nitrogens with one attached hydrogen (secondary N) is 1. The van der Waals surface area contributed by atoms with Gasteiger partial charge >= 0.3 is 0 Å². The third-order valence-electron chi connectivity index (χ3n) is 4.67. The normalized spacial score (nSPS) is 14.1. The van der Waals surface area contributed by atoms with Crippen LogP contribution >= 0.6 is 11.3 Å². The highest BCUT2D eigenvalue weighted by atomic mass is 32.1. The quantitative estimate of drug-likeness (QED) is 0.849. The Labute approximate surface area is 158 Å². The standard InChI is InChI=1S/C20H25N3O2S/c1-22(19(24)14-21-20(25)18-10-7-13-26-18)15-16-8-3-4-9-17(16)23-11-5-2-6-12-23/h3-4,7-10,13H,2,5-6,11-12,14-15H2,1H3,(H,21,25). The maximum atomic E-state index is 12.4. The van der Waals surface area contributed by atoms with Crippen LogP contribution in [0.25, 0.3) is 0 Å². The van der Waals surface area contributed by atoms with Crippen LogP contribution in [0.3, 0.4) is 0 Å². The summed E-state index contributed by atoms with van der Waals surface area (Å²) in [6, 6.07) is 11.9. The Bertz CT molecular complexity index is 739. The van der Waals surface area contributed by atoms with E-state index in [4.69, 9.17) is 0 Å². The number of carbonyl (C=O) groups excluding carboxylic acids is 2. The van der Waals surface area contributed by atoms with Crippen LogP contribution < -0.4 is 10.2 Å². The highest BCUT2D eigenvalue weighted by molar-refractivity contribution is 7.12. The topological polar surface area (TPSA) is 52.6 Å². The summed E-state index contributed by atoms with van der Waals surface area (Å²) < 4.78 is 0. The van der Waals surface area contributed by atoms with Crippen LogP contribution in [-0.4, -0.2) is 43.4 Å². The fourth-order valence-electron chi connectivity index (χ4n) is 3.22. The molecule has 3 rings (SSSR count). The summed E-state index contributed by atoms with van der Waals surface area (Å²) in [6.07, 6.45) is 3.73. The van der Waals surface area contributed by atoms with Crippen molar-refractivity contribution in [2.24, 2.45) is 0 Å². The maximum absolute atomic E-state index is 12.4. The van der Waals surface area contributed by atoms with Gasteiger partial charge in [0.25, 0.3) is 5.91 Å². The van der Waals surface area contributed by atoms with E-state index in [1.54, 1.807) is 18.0 Å². The molecule has 2 heterocycles. The van der Waals surface area contributed by atoms with Gasteiger partial charge in [0, 0.05) is 32.4 Å². The van der Waals surface area contributed by atoms with Crippen molar-refractivity contribution >= 4 is 28.8 Å². The summed E-state index contributed by atoms with van der Waals surface area (Å²) in [6.45, 7) is 2.70. The minimum Gasteiger partial charge on any atom is -0.371 e. The molecule has 0 radical (unpaired) electrons. The first-order valence-electron chi connectivity index (χ1n) is 9.03. The number of piperidine rings is 1. The molecule has 6 heteroatoms. The smallest absolute Gasteiger partial charge is 0.261 e. The Hall–Kier alpha value is -2.34. The zero-order chi connectivity index (χ0) is 18.4. The SMILES string of the molecule is CN(Cc1ccccc1N1CCCCC1)C(=O)CNC(=O)c1cccs1. The second kappa shape index (κ2) is 8.85. The molecule has 1 aliphatic rings. The van der Waals surface area contributed by atoms with Gasteiger partial charge in [0.2, 0.25) is 5.91 Å². The number of hydrogen-bond acceptors (Lipinski definition) is 4. The molecule has 0 aliphatic carbocycles. The number of nitrogens with zero attached hydrogens (tertiary/aromatic N) is 2. The second-order valence-corrected chi connectivity index (χ2v) is 7.53. The van der Waals surface area contributed by atoms with Gasteiger partial charge in [-0.25, -0.2) is 0 Å². The molecule has 1 fully saturated rings. The molecule has 2 amide bonds. The fourth-order valence-corrected chi connectivity index (χ4v) is 3.86. The van der Waals surface area contributed by atoms with E-state index in [2.05, 4.69) is 28.4 Å². The average Bonchev–Trinajstić information content (AvgIpc) is 3.22. The highest BCUT2D eigenvalue weighted by Gasteiger charge is 2.17. The molecule has 1 N–H and O–H groups in total. The van der Waals surface area contributed by atoms with Crippen molar-refractivity contribution in [1.29, 1.82) is 0 Å². The Morgan fingerprint density at radius 2 is 1.88 bits per heavy atom. The van der Waals surface area contributed by atoms with Crippen molar-refractivity contribution in [2.75, 3.05) is 31.6 Å². The molecular formula is C20H25N3O2S. The number of hydrogen-bond donors (Lipinski definition) is 1. The Balaban J connectivity index is 1.58. The number of anilines is 1. The number of carbonyl (C=O) groups is 2. The molecule has 138 valence electrons. The van der Waals surface area contributed by atoms with Crippen molar-refractivity contribution < 1.29 is 9.59 Å². The van der Waals surface area contributed by atoms with E-state index >= 15 is 0 Å². The van der Waals surface area contributed by atoms with Gasteiger partial charge < -0.3 is 15.1 Å². The van der Waals surface area contributed by atoms with Gasteiger partial charge in [-0.1, -0.05) is 24.3 Å². The predicted molar refractivity (Wildman–Crippen MR) is 106 cm³/mol. The first-order chi connectivity index (χ1) is 12.6. The highest BCUT2D eigenvalue weighted by Crippen LogP contribution is 2.25. The molecule has 0 bridgehead atoms. The summed E-state index contributed by atoms with van der Waals surface area (Å²) in [5.41, 5.74) is 2.37. The number of rotatable bonds is 6. The molecule has 0 saturated carbocycles. The second-order valence-electron chi connectivity index (χ2n) is 6.59. The van der Waals surface area contributed by atoms with Gasteiger partial charge in [0.15, 0.2) is 0 Å². The monoisotopic (exact) mass is 371 g/mol. The number of benzene rings is 1. The Morgan fingerprint density at radius 1 is 1.12 bits per heavy atom. The fraction of sp³-hybridized carbons (Fsp3) is 0.400. The minimum absolute atomic E-state index is 0.0130. The molecule has 0 spiro atoms. The third kappa shape index (κ3) is 4.64. The summed E-state index contributed by atoms with van der Waals surface area (Å²) in [7, 11) is 1.78. The Kier molecular flexibility index (Phi) is 6.28.